The Morgan fingerprint density at radius 3 is 2.79 bits per heavy atom. The van der Waals surface area contributed by atoms with Crippen LogP contribution in [0.5, 0.6) is 0 Å². The lowest BCUT2D eigenvalue weighted by Gasteiger charge is -2.07. The molecule has 1 saturated carbocycles. The molecule has 102 valence electrons. The summed E-state index contributed by atoms with van der Waals surface area (Å²) in [6, 6.07) is 5.54. The zero-order chi connectivity index (χ0) is 13.7. The first kappa shape index (κ1) is 14.1. The van der Waals surface area contributed by atoms with Crippen LogP contribution in [0.4, 0.5) is 10.5 Å². The molecular formula is C15H19BrN2O. The summed E-state index contributed by atoms with van der Waals surface area (Å²) in [6.07, 6.45) is 8.95. The number of hydrogen-bond donors (Lipinski definition) is 2. The van der Waals surface area contributed by atoms with Crippen molar-refractivity contribution in [2.24, 2.45) is 5.92 Å². The van der Waals surface area contributed by atoms with Gasteiger partial charge in [0.25, 0.3) is 0 Å². The zero-order valence-corrected chi connectivity index (χ0v) is 12.7. The number of halogens is 1. The average Bonchev–Trinajstić information content (AvgIpc) is 2.87. The van der Waals surface area contributed by atoms with Crippen LogP contribution in [0, 0.1) is 12.8 Å². The monoisotopic (exact) mass is 322 g/mol. The van der Waals surface area contributed by atoms with Gasteiger partial charge >= 0.3 is 6.03 Å². The predicted octanol–water partition coefficient (Wildman–Crippen LogP) is 4.58. The minimum Gasteiger partial charge on any atom is -0.315 e. The number of carbonyl (C=O) groups is 1. The summed E-state index contributed by atoms with van der Waals surface area (Å²) in [5, 5.41) is 5.56. The summed E-state index contributed by atoms with van der Waals surface area (Å²) in [5.41, 5.74) is 1.90. The first-order chi connectivity index (χ1) is 9.15. The Morgan fingerprint density at radius 1 is 1.37 bits per heavy atom. The van der Waals surface area contributed by atoms with E-state index in [0.717, 1.165) is 15.7 Å². The van der Waals surface area contributed by atoms with Gasteiger partial charge in [0.15, 0.2) is 0 Å². The molecule has 1 fully saturated rings. The SMILES string of the molecule is Cc1cc(NC(=O)N/C=C/C2CCCC2)ccc1Br. The highest BCUT2D eigenvalue weighted by atomic mass is 79.9. The van der Waals surface area contributed by atoms with Gasteiger partial charge in [-0.1, -0.05) is 34.8 Å². The number of rotatable bonds is 3. The molecule has 1 aromatic rings. The number of anilines is 1. The maximum Gasteiger partial charge on any atom is 0.323 e. The summed E-state index contributed by atoms with van der Waals surface area (Å²) in [7, 11) is 0. The molecule has 1 aliphatic rings. The van der Waals surface area contributed by atoms with Gasteiger partial charge in [-0.3, -0.25) is 0 Å². The summed E-state index contributed by atoms with van der Waals surface area (Å²) in [6.45, 7) is 1.99. The lowest BCUT2D eigenvalue weighted by molar-refractivity contribution is 0.255. The Labute approximate surface area is 122 Å². The molecule has 0 unspecified atom stereocenters. The summed E-state index contributed by atoms with van der Waals surface area (Å²) < 4.78 is 1.04. The van der Waals surface area contributed by atoms with Crippen LogP contribution in [0.15, 0.2) is 34.9 Å². The van der Waals surface area contributed by atoms with Gasteiger partial charge in [0.2, 0.25) is 0 Å². The number of amides is 2. The maximum absolute atomic E-state index is 11.7. The highest BCUT2D eigenvalue weighted by Crippen LogP contribution is 2.25. The van der Waals surface area contributed by atoms with Crippen molar-refractivity contribution in [3.8, 4) is 0 Å². The molecule has 0 saturated heterocycles. The number of carbonyl (C=O) groups excluding carboxylic acids is 1. The van der Waals surface area contributed by atoms with Crippen LogP contribution in [0.3, 0.4) is 0 Å². The van der Waals surface area contributed by atoms with E-state index < -0.39 is 0 Å². The summed E-state index contributed by atoms with van der Waals surface area (Å²) in [4.78, 5) is 11.7. The quantitative estimate of drug-likeness (QED) is 0.840. The van der Waals surface area contributed by atoms with E-state index in [0.29, 0.717) is 5.92 Å². The molecule has 0 radical (unpaired) electrons. The van der Waals surface area contributed by atoms with Crippen molar-refractivity contribution in [2.75, 3.05) is 5.32 Å². The second-order valence-electron chi connectivity index (χ2n) is 4.97. The van der Waals surface area contributed by atoms with Crippen LogP contribution in [-0.4, -0.2) is 6.03 Å². The van der Waals surface area contributed by atoms with E-state index >= 15 is 0 Å². The molecule has 19 heavy (non-hydrogen) atoms. The van der Waals surface area contributed by atoms with E-state index in [1.165, 1.54) is 25.7 Å². The Kier molecular flexibility index (Phi) is 5.02. The third-order valence-corrected chi connectivity index (χ3v) is 4.29. The molecular weight excluding hydrogens is 304 g/mol. The van der Waals surface area contributed by atoms with Crippen LogP contribution in [0.2, 0.25) is 0 Å². The lowest BCUT2D eigenvalue weighted by Crippen LogP contribution is -2.24. The van der Waals surface area contributed by atoms with Gasteiger partial charge < -0.3 is 10.6 Å². The first-order valence-electron chi connectivity index (χ1n) is 6.65. The molecule has 2 rings (SSSR count). The van der Waals surface area contributed by atoms with Gasteiger partial charge in [0, 0.05) is 16.4 Å². The van der Waals surface area contributed by atoms with Crippen molar-refractivity contribution >= 4 is 27.6 Å². The van der Waals surface area contributed by atoms with E-state index in [-0.39, 0.29) is 6.03 Å². The van der Waals surface area contributed by atoms with Gasteiger partial charge in [0.05, 0.1) is 0 Å². The minimum absolute atomic E-state index is 0.198. The van der Waals surface area contributed by atoms with Gasteiger partial charge in [-0.15, -0.1) is 0 Å². The van der Waals surface area contributed by atoms with Crippen LogP contribution in [-0.2, 0) is 0 Å². The van der Waals surface area contributed by atoms with Crippen LogP contribution in [0.25, 0.3) is 0 Å². The molecule has 0 aliphatic heterocycles. The van der Waals surface area contributed by atoms with Gasteiger partial charge in [-0.2, -0.15) is 0 Å². The fraction of sp³-hybridized carbons (Fsp3) is 0.400. The second-order valence-corrected chi connectivity index (χ2v) is 5.82. The average molecular weight is 323 g/mol. The van der Waals surface area contributed by atoms with Crippen molar-refractivity contribution in [3.63, 3.8) is 0 Å². The van der Waals surface area contributed by atoms with Gasteiger partial charge in [-0.05, 0) is 49.4 Å². The van der Waals surface area contributed by atoms with Crippen molar-refractivity contribution in [2.45, 2.75) is 32.6 Å². The number of aryl methyl sites for hydroxylation is 1. The topological polar surface area (TPSA) is 41.1 Å². The third-order valence-electron chi connectivity index (χ3n) is 3.40. The number of hydrogen-bond acceptors (Lipinski definition) is 1. The number of urea groups is 1. The minimum atomic E-state index is -0.198. The number of nitrogens with one attached hydrogen (secondary N) is 2. The number of benzene rings is 1. The molecule has 3 nitrogen and oxygen atoms in total. The molecule has 1 aliphatic carbocycles. The first-order valence-corrected chi connectivity index (χ1v) is 7.45. The Balaban J connectivity index is 1.81. The Morgan fingerprint density at radius 2 is 2.11 bits per heavy atom. The molecule has 1 aromatic carbocycles. The van der Waals surface area contributed by atoms with Crippen molar-refractivity contribution in [1.82, 2.24) is 5.32 Å². The largest absolute Gasteiger partial charge is 0.323 e. The maximum atomic E-state index is 11.7. The van der Waals surface area contributed by atoms with Crippen LogP contribution in [0.1, 0.15) is 31.2 Å². The highest BCUT2D eigenvalue weighted by molar-refractivity contribution is 9.10. The molecule has 0 aromatic heterocycles. The predicted molar refractivity (Wildman–Crippen MR) is 82.1 cm³/mol. The van der Waals surface area contributed by atoms with E-state index in [9.17, 15) is 4.79 Å². The van der Waals surface area contributed by atoms with Gasteiger partial charge in [0.1, 0.15) is 0 Å². The molecule has 0 atom stereocenters. The lowest BCUT2D eigenvalue weighted by atomic mass is 10.1. The van der Waals surface area contributed by atoms with Gasteiger partial charge in [-0.25, -0.2) is 4.79 Å². The zero-order valence-electron chi connectivity index (χ0n) is 11.1. The van der Waals surface area contributed by atoms with Crippen LogP contribution < -0.4 is 10.6 Å². The highest BCUT2D eigenvalue weighted by Gasteiger charge is 2.11. The molecule has 2 amide bonds. The molecule has 0 bridgehead atoms. The second kappa shape index (κ2) is 6.75. The molecule has 0 spiro atoms. The standard InChI is InChI=1S/C15H19BrN2O/c1-11-10-13(6-7-14(11)16)18-15(19)17-9-8-12-4-2-3-5-12/h6-10,12H,2-5H2,1H3,(H2,17,18,19)/b9-8+. The molecule has 0 heterocycles. The fourth-order valence-corrected chi connectivity index (χ4v) is 2.55. The Bertz CT molecular complexity index is 479. The molecule has 2 N–H and O–H groups in total. The van der Waals surface area contributed by atoms with Crippen molar-refractivity contribution in [3.05, 3.63) is 40.5 Å². The summed E-state index contributed by atoms with van der Waals surface area (Å²) >= 11 is 3.44. The third kappa shape index (κ3) is 4.39. The molecule has 4 heteroatoms. The normalized spacial score (nSPS) is 15.9. The fourth-order valence-electron chi connectivity index (χ4n) is 2.30. The van der Waals surface area contributed by atoms with Crippen LogP contribution >= 0.6 is 15.9 Å². The van der Waals surface area contributed by atoms with E-state index in [2.05, 4.69) is 32.6 Å². The van der Waals surface area contributed by atoms with Crippen molar-refractivity contribution in [1.29, 1.82) is 0 Å². The summed E-state index contributed by atoms with van der Waals surface area (Å²) in [5.74, 6) is 0.634. The van der Waals surface area contributed by atoms with E-state index in [1.54, 1.807) is 6.20 Å². The smallest absolute Gasteiger partial charge is 0.315 e. The number of allylic oxidation sites excluding steroid dienone is 1. The van der Waals surface area contributed by atoms with E-state index in [4.69, 9.17) is 0 Å². The van der Waals surface area contributed by atoms with E-state index in [1.807, 2.05) is 25.1 Å². The van der Waals surface area contributed by atoms with Crippen molar-refractivity contribution < 1.29 is 4.79 Å². The Hall–Kier alpha value is -1.29.